The van der Waals surface area contributed by atoms with Crippen LogP contribution in [0.5, 0.6) is 0 Å². The predicted molar refractivity (Wildman–Crippen MR) is 87.4 cm³/mol. The van der Waals surface area contributed by atoms with Gasteiger partial charge in [-0.2, -0.15) is 0 Å². The summed E-state index contributed by atoms with van der Waals surface area (Å²) in [7, 11) is 4.28. The average Bonchev–Trinajstić information content (AvgIpc) is 2.47. The molecule has 0 radical (unpaired) electrons. The van der Waals surface area contributed by atoms with Crippen molar-refractivity contribution in [3.05, 3.63) is 24.3 Å². The lowest BCUT2D eigenvalue weighted by Crippen LogP contribution is -2.38. The molecule has 0 unspecified atom stereocenters. The molecule has 0 saturated carbocycles. The van der Waals surface area contributed by atoms with E-state index in [0.717, 1.165) is 42.4 Å². The van der Waals surface area contributed by atoms with Gasteiger partial charge < -0.3 is 15.5 Å². The van der Waals surface area contributed by atoms with E-state index >= 15 is 0 Å². The summed E-state index contributed by atoms with van der Waals surface area (Å²) in [6.07, 6.45) is 2.37. The molecule has 1 aliphatic heterocycles. The van der Waals surface area contributed by atoms with E-state index in [1.807, 2.05) is 24.3 Å². The molecule has 0 aliphatic carbocycles. The summed E-state index contributed by atoms with van der Waals surface area (Å²) in [5, 5.41) is 0. The third-order valence-electron chi connectivity index (χ3n) is 4.12. The van der Waals surface area contributed by atoms with E-state index in [9.17, 15) is 0 Å². The highest BCUT2D eigenvalue weighted by atomic mass is 15.2. The largest absolute Gasteiger partial charge is 0.381 e. The van der Waals surface area contributed by atoms with Crippen molar-refractivity contribution in [2.45, 2.75) is 12.8 Å². The van der Waals surface area contributed by atoms with E-state index in [1.165, 1.54) is 12.8 Å². The fourth-order valence-electron chi connectivity index (χ4n) is 3.08. The number of hydrogen-bond acceptors (Lipinski definition) is 5. The van der Waals surface area contributed by atoms with Gasteiger partial charge in [-0.05, 0) is 45.0 Å². The molecule has 1 aromatic heterocycles. The SMILES string of the molecule is CN(C)CC1CCN(c2nc3ccccc3nc2N)CC1. The maximum atomic E-state index is 6.11. The van der Waals surface area contributed by atoms with E-state index in [2.05, 4.69) is 28.9 Å². The molecule has 5 nitrogen and oxygen atoms in total. The van der Waals surface area contributed by atoms with Crippen molar-refractivity contribution in [2.24, 2.45) is 5.92 Å². The number of anilines is 2. The highest BCUT2D eigenvalue weighted by Crippen LogP contribution is 2.27. The lowest BCUT2D eigenvalue weighted by molar-refractivity contribution is 0.284. The van der Waals surface area contributed by atoms with Crippen molar-refractivity contribution in [1.29, 1.82) is 0 Å². The average molecular weight is 285 g/mol. The molecule has 112 valence electrons. The Morgan fingerprint density at radius 1 is 1.14 bits per heavy atom. The topological polar surface area (TPSA) is 58.3 Å². The lowest BCUT2D eigenvalue weighted by atomic mass is 9.96. The first-order chi connectivity index (χ1) is 10.1. The summed E-state index contributed by atoms with van der Waals surface area (Å²) in [4.78, 5) is 13.7. The quantitative estimate of drug-likeness (QED) is 0.934. The normalized spacial score (nSPS) is 16.8. The van der Waals surface area contributed by atoms with E-state index in [-0.39, 0.29) is 0 Å². The molecule has 1 aromatic carbocycles. The first-order valence-corrected chi connectivity index (χ1v) is 7.55. The number of hydrogen-bond donors (Lipinski definition) is 1. The van der Waals surface area contributed by atoms with E-state index in [4.69, 9.17) is 10.7 Å². The number of aromatic nitrogens is 2. The van der Waals surface area contributed by atoms with Crippen LogP contribution in [-0.4, -0.2) is 48.6 Å². The molecule has 0 amide bonds. The summed E-state index contributed by atoms with van der Waals surface area (Å²) in [6.45, 7) is 3.18. The summed E-state index contributed by atoms with van der Waals surface area (Å²) < 4.78 is 0. The standard InChI is InChI=1S/C16H23N5/c1-20(2)11-12-7-9-21(10-8-12)16-15(17)18-13-5-3-4-6-14(13)19-16/h3-6,12H,7-11H2,1-2H3,(H2,17,18). The van der Waals surface area contributed by atoms with E-state index in [0.29, 0.717) is 5.82 Å². The molecule has 1 aliphatic rings. The van der Waals surface area contributed by atoms with Gasteiger partial charge in [0, 0.05) is 19.6 Å². The Kier molecular flexibility index (Phi) is 3.92. The highest BCUT2D eigenvalue weighted by Gasteiger charge is 2.22. The highest BCUT2D eigenvalue weighted by molar-refractivity contribution is 5.79. The van der Waals surface area contributed by atoms with Gasteiger partial charge in [-0.1, -0.05) is 12.1 Å². The zero-order valence-corrected chi connectivity index (χ0v) is 12.8. The number of fused-ring (bicyclic) bond motifs is 1. The van der Waals surface area contributed by atoms with Crippen LogP contribution in [0.15, 0.2) is 24.3 Å². The van der Waals surface area contributed by atoms with Crippen LogP contribution in [0.3, 0.4) is 0 Å². The van der Waals surface area contributed by atoms with E-state index < -0.39 is 0 Å². The first-order valence-electron chi connectivity index (χ1n) is 7.55. The molecule has 2 N–H and O–H groups in total. The Morgan fingerprint density at radius 2 is 1.76 bits per heavy atom. The van der Waals surface area contributed by atoms with Crippen molar-refractivity contribution in [3.8, 4) is 0 Å². The van der Waals surface area contributed by atoms with E-state index in [1.54, 1.807) is 0 Å². The van der Waals surface area contributed by atoms with Crippen molar-refractivity contribution >= 4 is 22.7 Å². The number of para-hydroxylation sites is 2. The van der Waals surface area contributed by atoms with Crippen LogP contribution in [0.1, 0.15) is 12.8 Å². The second kappa shape index (κ2) is 5.85. The number of rotatable bonds is 3. The Labute approximate surface area is 125 Å². The second-order valence-corrected chi connectivity index (χ2v) is 6.11. The minimum Gasteiger partial charge on any atom is -0.381 e. The van der Waals surface area contributed by atoms with Gasteiger partial charge in [0.25, 0.3) is 0 Å². The minimum absolute atomic E-state index is 0.541. The van der Waals surface area contributed by atoms with Crippen LogP contribution in [0.4, 0.5) is 11.6 Å². The van der Waals surface area contributed by atoms with Crippen LogP contribution < -0.4 is 10.6 Å². The maximum absolute atomic E-state index is 6.11. The molecule has 1 fully saturated rings. The predicted octanol–water partition coefficient (Wildman–Crippen LogP) is 1.99. The number of benzene rings is 1. The summed E-state index contributed by atoms with van der Waals surface area (Å²) >= 11 is 0. The fraction of sp³-hybridized carbons (Fsp3) is 0.500. The van der Waals surface area contributed by atoms with Crippen LogP contribution in [-0.2, 0) is 0 Å². The van der Waals surface area contributed by atoms with Crippen molar-refractivity contribution in [1.82, 2.24) is 14.9 Å². The fourth-order valence-corrected chi connectivity index (χ4v) is 3.08. The van der Waals surface area contributed by atoms with Gasteiger partial charge in [0.05, 0.1) is 11.0 Å². The molecule has 2 aromatic rings. The van der Waals surface area contributed by atoms with Gasteiger partial charge in [-0.3, -0.25) is 0 Å². The van der Waals surface area contributed by atoms with Crippen LogP contribution in [0, 0.1) is 5.92 Å². The molecule has 2 heterocycles. The number of nitrogens with zero attached hydrogens (tertiary/aromatic N) is 4. The third kappa shape index (κ3) is 3.08. The maximum Gasteiger partial charge on any atom is 0.172 e. The van der Waals surface area contributed by atoms with Gasteiger partial charge in [-0.15, -0.1) is 0 Å². The summed E-state index contributed by atoms with van der Waals surface area (Å²) in [5.74, 6) is 2.16. The van der Waals surface area contributed by atoms with Gasteiger partial charge in [-0.25, -0.2) is 9.97 Å². The monoisotopic (exact) mass is 285 g/mol. The first kappa shape index (κ1) is 14.1. The molecular formula is C16H23N5. The molecule has 3 rings (SSSR count). The van der Waals surface area contributed by atoms with Crippen molar-refractivity contribution in [2.75, 3.05) is 44.4 Å². The van der Waals surface area contributed by atoms with Gasteiger partial charge >= 0.3 is 0 Å². The zero-order chi connectivity index (χ0) is 14.8. The summed E-state index contributed by atoms with van der Waals surface area (Å²) in [5.41, 5.74) is 7.89. The Morgan fingerprint density at radius 3 is 2.38 bits per heavy atom. The van der Waals surface area contributed by atoms with Crippen molar-refractivity contribution < 1.29 is 0 Å². The number of nitrogens with two attached hydrogens (primary N) is 1. The number of nitrogen functional groups attached to an aromatic ring is 1. The molecule has 21 heavy (non-hydrogen) atoms. The second-order valence-electron chi connectivity index (χ2n) is 6.11. The van der Waals surface area contributed by atoms with Crippen LogP contribution >= 0.6 is 0 Å². The Hall–Kier alpha value is -1.88. The molecule has 0 bridgehead atoms. The molecule has 5 heteroatoms. The zero-order valence-electron chi connectivity index (χ0n) is 12.8. The van der Waals surface area contributed by atoms with Crippen molar-refractivity contribution in [3.63, 3.8) is 0 Å². The molecule has 0 spiro atoms. The summed E-state index contributed by atoms with van der Waals surface area (Å²) in [6, 6.07) is 7.89. The Bertz CT molecular complexity index is 617. The van der Waals surface area contributed by atoms with Crippen LogP contribution in [0.2, 0.25) is 0 Å². The smallest absolute Gasteiger partial charge is 0.172 e. The van der Waals surface area contributed by atoms with Gasteiger partial charge in [0.15, 0.2) is 11.6 Å². The van der Waals surface area contributed by atoms with Gasteiger partial charge in [0.1, 0.15) is 0 Å². The minimum atomic E-state index is 0.541. The van der Waals surface area contributed by atoms with Gasteiger partial charge in [0.2, 0.25) is 0 Å². The lowest BCUT2D eigenvalue weighted by Gasteiger charge is -2.34. The Balaban J connectivity index is 1.77. The molecular weight excluding hydrogens is 262 g/mol. The molecule has 0 atom stereocenters. The third-order valence-corrected chi connectivity index (χ3v) is 4.12. The number of piperidine rings is 1. The molecule has 1 saturated heterocycles. The van der Waals surface area contributed by atoms with Crippen LogP contribution in [0.25, 0.3) is 11.0 Å².